The van der Waals surface area contributed by atoms with Crippen molar-refractivity contribution in [3.63, 3.8) is 0 Å². The van der Waals surface area contributed by atoms with Gasteiger partial charge in [0, 0.05) is 31.7 Å². The molecule has 1 N–H and O–H groups in total. The third-order valence-electron chi connectivity index (χ3n) is 6.97. The molecule has 38 heavy (non-hydrogen) atoms. The number of benzene rings is 2. The standard InChI is InChI=1S/C28H34N2O8/c1-17-14-18(6-7-20(17)34-2)25(31)23-24(19-15-21(35-3)27(37-5)22(16-19)36-4)30(28(33)26(23)32)9-8-29-10-12-38-13-11-29/h6-7,14-16,24,31H,8-13H2,1-5H3. The first kappa shape index (κ1) is 27.3. The summed E-state index contributed by atoms with van der Waals surface area (Å²) in [6.07, 6.45) is 0. The Kier molecular flexibility index (Phi) is 8.43. The molecule has 0 bridgehead atoms. The van der Waals surface area contributed by atoms with Crippen molar-refractivity contribution in [2.45, 2.75) is 13.0 Å². The van der Waals surface area contributed by atoms with Crippen molar-refractivity contribution in [1.82, 2.24) is 9.80 Å². The van der Waals surface area contributed by atoms with Crippen LogP contribution < -0.4 is 18.9 Å². The van der Waals surface area contributed by atoms with Gasteiger partial charge in [-0.3, -0.25) is 14.5 Å². The van der Waals surface area contributed by atoms with Gasteiger partial charge in [0.25, 0.3) is 11.7 Å². The Hall–Kier alpha value is -3.76. The predicted molar refractivity (Wildman–Crippen MR) is 140 cm³/mol. The van der Waals surface area contributed by atoms with E-state index in [1.165, 1.54) is 26.2 Å². The van der Waals surface area contributed by atoms with E-state index in [1.807, 2.05) is 6.92 Å². The predicted octanol–water partition coefficient (Wildman–Crippen LogP) is 2.78. The van der Waals surface area contributed by atoms with Crippen LogP contribution >= 0.6 is 0 Å². The Morgan fingerprint density at radius 3 is 2.11 bits per heavy atom. The molecule has 2 heterocycles. The lowest BCUT2D eigenvalue weighted by molar-refractivity contribution is -0.140. The van der Waals surface area contributed by atoms with Gasteiger partial charge >= 0.3 is 0 Å². The van der Waals surface area contributed by atoms with Crippen molar-refractivity contribution >= 4 is 17.4 Å². The molecule has 0 aromatic heterocycles. The van der Waals surface area contributed by atoms with Gasteiger partial charge in [-0.2, -0.15) is 0 Å². The Morgan fingerprint density at radius 1 is 0.921 bits per heavy atom. The van der Waals surface area contributed by atoms with Crippen molar-refractivity contribution in [1.29, 1.82) is 0 Å². The summed E-state index contributed by atoms with van der Waals surface area (Å²) in [5.74, 6) is 0.0903. The molecule has 204 valence electrons. The highest BCUT2D eigenvalue weighted by atomic mass is 16.5. The summed E-state index contributed by atoms with van der Waals surface area (Å²) in [7, 11) is 6.06. The molecule has 2 aliphatic heterocycles. The fourth-order valence-electron chi connectivity index (χ4n) is 4.97. The summed E-state index contributed by atoms with van der Waals surface area (Å²) in [4.78, 5) is 30.5. The monoisotopic (exact) mass is 526 g/mol. The highest BCUT2D eigenvalue weighted by Crippen LogP contribution is 2.45. The van der Waals surface area contributed by atoms with Crippen LogP contribution in [0.3, 0.4) is 0 Å². The molecular formula is C28H34N2O8. The lowest BCUT2D eigenvalue weighted by Gasteiger charge is -2.31. The average molecular weight is 527 g/mol. The molecule has 1 unspecified atom stereocenters. The Balaban J connectivity index is 1.85. The minimum atomic E-state index is -0.868. The molecule has 10 heteroatoms. The van der Waals surface area contributed by atoms with Gasteiger partial charge < -0.3 is 33.7 Å². The van der Waals surface area contributed by atoms with Crippen molar-refractivity contribution in [3.8, 4) is 23.0 Å². The normalized spacial score (nSPS) is 19.5. The average Bonchev–Trinajstić information content (AvgIpc) is 3.20. The van der Waals surface area contributed by atoms with Gasteiger partial charge in [-0.1, -0.05) is 0 Å². The highest BCUT2D eigenvalue weighted by molar-refractivity contribution is 6.46. The number of rotatable bonds is 9. The van der Waals surface area contributed by atoms with Gasteiger partial charge in [-0.05, 0) is 48.4 Å². The second kappa shape index (κ2) is 11.7. The number of ketones is 1. The number of carbonyl (C=O) groups is 2. The van der Waals surface area contributed by atoms with Crippen LogP contribution in [0.15, 0.2) is 35.9 Å². The molecule has 2 aromatic rings. The number of morpholine rings is 1. The zero-order valence-corrected chi connectivity index (χ0v) is 22.4. The number of aryl methyl sites for hydroxylation is 1. The molecule has 1 atom stereocenters. The summed E-state index contributed by atoms with van der Waals surface area (Å²) in [6, 6.07) is 7.63. The van der Waals surface area contributed by atoms with E-state index in [0.717, 1.165) is 18.7 Å². The smallest absolute Gasteiger partial charge is 0.295 e. The number of likely N-dealkylation sites (tertiary alicyclic amines) is 1. The maximum atomic E-state index is 13.5. The van der Waals surface area contributed by atoms with Crippen molar-refractivity contribution in [2.75, 3.05) is 67.8 Å². The molecule has 2 fully saturated rings. The summed E-state index contributed by atoms with van der Waals surface area (Å²) >= 11 is 0. The number of nitrogens with zero attached hydrogens (tertiary/aromatic N) is 2. The van der Waals surface area contributed by atoms with Crippen LogP contribution in [0.4, 0.5) is 0 Å². The molecule has 2 aromatic carbocycles. The second-order valence-corrected chi connectivity index (χ2v) is 9.09. The fraction of sp³-hybridized carbons (Fsp3) is 0.429. The third kappa shape index (κ3) is 5.14. The van der Waals surface area contributed by atoms with Crippen LogP contribution in [0.5, 0.6) is 23.0 Å². The van der Waals surface area contributed by atoms with Crippen molar-refractivity contribution in [3.05, 3.63) is 52.6 Å². The van der Waals surface area contributed by atoms with Crippen LogP contribution in [0.1, 0.15) is 22.7 Å². The lowest BCUT2D eigenvalue weighted by atomic mass is 9.94. The molecule has 2 aliphatic rings. The Bertz CT molecular complexity index is 1210. The Morgan fingerprint density at radius 2 is 1.55 bits per heavy atom. The van der Waals surface area contributed by atoms with E-state index in [1.54, 1.807) is 37.4 Å². The molecule has 0 aliphatic carbocycles. The molecule has 0 saturated carbocycles. The zero-order chi connectivity index (χ0) is 27.4. The number of hydrogen-bond acceptors (Lipinski definition) is 9. The molecular weight excluding hydrogens is 492 g/mol. The van der Waals surface area contributed by atoms with Crippen molar-refractivity contribution in [2.24, 2.45) is 0 Å². The van der Waals surface area contributed by atoms with Crippen LogP contribution in [0.25, 0.3) is 5.76 Å². The van der Waals surface area contributed by atoms with E-state index in [9.17, 15) is 14.7 Å². The van der Waals surface area contributed by atoms with Gasteiger partial charge in [-0.25, -0.2) is 0 Å². The maximum Gasteiger partial charge on any atom is 0.295 e. The number of carbonyl (C=O) groups excluding carboxylic acids is 2. The SMILES string of the molecule is COc1ccc(C(O)=C2C(=O)C(=O)N(CCN3CCOCC3)C2c2cc(OC)c(OC)c(OC)c2)cc1C. The van der Waals surface area contributed by atoms with E-state index >= 15 is 0 Å². The summed E-state index contributed by atoms with van der Waals surface area (Å²) in [5, 5.41) is 11.4. The number of hydrogen-bond donors (Lipinski definition) is 1. The molecule has 0 radical (unpaired) electrons. The molecule has 4 rings (SSSR count). The van der Waals surface area contributed by atoms with Gasteiger partial charge in [-0.15, -0.1) is 0 Å². The van der Waals surface area contributed by atoms with Crippen molar-refractivity contribution < 1.29 is 38.4 Å². The van der Waals surface area contributed by atoms with Crippen LogP contribution in [-0.2, 0) is 14.3 Å². The number of methoxy groups -OCH3 is 4. The first-order valence-electron chi connectivity index (χ1n) is 12.4. The zero-order valence-electron chi connectivity index (χ0n) is 22.4. The second-order valence-electron chi connectivity index (χ2n) is 9.09. The number of Topliss-reactive ketones (excluding diaryl/α,β-unsaturated/α-hetero) is 1. The molecule has 1 amide bonds. The van der Waals surface area contributed by atoms with Crippen LogP contribution in [-0.4, -0.2) is 94.4 Å². The number of ether oxygens (including phenoxy) is 5. The summed E-state index contributed by atoms with van der Waals surface area (Å²) in [6.45, 7) is 5.39. The molecule has 10 nitrogen and oxygen atoms in total. The number of aliphatic hydroxyl groups is 1. The quantitative estimate of drug-likeness (QED) is 0.300. The topological polar surface area (TPSA) is 107 Å². The number of aliphatic hydroxyl groups excluding tert-OH is 1. The van der Waals surface area contributed by atoms with E-state index in [2.05, 4.69) is 4.90 Å². The van der Waals surface area contributed by atoms with E-state index in [0.29, 0.717) is 53.9 Å². The maximum absolute atomic E-state index is 13.5. The van der Waals surface area contributed by atoms with E-state index < -0.39 is 17.7 Å². The minimum Gasteiger partial charge on any atom is -0.507 e. The van der Waals surface area contributed by atoms with Gasteiger partial charge in [0.1, 0.15) is 11.5 Å². The first-order valence-corrected chi connectivity index (χ1v) is 12.4. The first-order chi connectivity index (χ1) is 18.3. The van der Waals surface area contributed by atoms with Gasteiger partial charge in [0.2, 0.25) is 5.75 Å². The highest BCUT2D eigenvalue weighted by Gasteiger charge is 2.46. The van der Waals surface area contributed by atoms with E-state index in [-0.39, 0.29) is 17.9 Å². The summed E-state index contributed by atoms with van der Waals surface area (Å²) in [5.41, 5.74) is 1.73. The minimum absolute atomic E-state index is 0.00387. The fourth-order valence-corrected chi connectivity index (χ4v) is 4.97. The summed E-state index contributed by atoms with van der Waals surface area (Å²) < 4.78 is 27.3. The molecule has 2 saturated heterocycles. The van der Waals surface area contributed by atoms with Gasteiger partial charge in [0.15, 0.2) is 11.5 Å². The number of amides is 1. The van der Waals surface area contributed by atoms with Crippen LogP contribution in [0, 0.1) is 6.92 Å². The lowest BCUT2D eigenvalue weighted by Crippen LogP contribution is -2.42. The van der Waals surface area contributed by atoms with Gasteiger partial charge in [0.05, 0.1) is 53.3 Å². The Labute approximate surface area is 222 Å². The third-order valence-corrected chi connectivity index (χ3v) is 6.97. The molecule has 0 spiro atoms. The van der Waals surface area contributed by atoms with E-state index in [4.69, 9.17) is 23.7 Å². The van der Waals surface area contributed by atoms with Crippen LogP contribution in [0.2, 0.25) is 0 Å². The largest absolute Gasteiger partial charge is 0.507 e.